The Bertz CT molecular complexity index is 819. The van der Waals surface area contributed by atoms with E-state index in [9.17, 15) is 14.0 Å². The van der Waals surface area contributed by atoms with Gasteiger partial charge in [0.1, 0.15) is 5.82 Å². The first-order valence-corrected chi connectivity index (χ1v) is 10.6. The Morgan fingerprint density at radius 3 is 2.67 bits per heavy atom. The number of carbonyl (C=O) groups is 2. The summed E-state index contributed by atoms with van der Waals surface area (Å²) in [6, 6.07) is 6.25. The number of carbonyl (C=O) groups excluding carboxylic acids is 2. The molecule has 27 heavy (non-hydrogen) atoms. The van der Waals surface area contributed by atoms with Crippen LogP contribution >= 0.6 is 23.1 Å². The van der Waals surface area contributed by atoms with E-state index in [2.05, 4.69) is 29.4 Å². The number of amides is 2. The van der Waals surface area contributed by atoms with Gasteiger partial charge in [0.05, 0.1) is 11.3 Å². The van der Waals surface area contributed by atoms with E-state index in [4.69, 9.17) is 0 Å². The highest BCUT2D eigenvalue weighted by atomic mass is 32.2. The second kappa shape index (κ2) is 8.79. The molecule has 0 saturated carbocycles. The van der Waals surface area contributed by atoms with Gasteiger partial charge < -0.3 is 4.90 Å². The summed E-state index contributed by atoms with van der Waals surface area (Å²) in [6.45, 7) is 4.17. The standard InChI is InChI=1S/C18H21FN4O2S2/c1-11-6-5-7-12(2)23(11)15(24)10-26-18-22-21-17(27-18)20-16(25)13-8-3-4-9-14(13)19/h3-4,8-9,11-12H,5-7,10H2,1-2H3,(H,20,21,25)/t11-,12-/m0/s1. The van der Waals surface area contributed by atoms with Crippen LogP contribution in [0.4, 0.5) is 9.52 Å². The van der Waals surface area contributed by atoms with Gasteiger partial charge in [-0.3, -0.25) is 14.9 Å². The maximum atomic E-state index is 13.7. The molecule has 2 heterocycles. The lowest BCUT2D eigenvalue weighted by Gasteiger charge is -2.39. The number of rotatable bonds is 5. The first kappa shape index (κ1) is 19.8. The average Bonchev–Trinajstić information content (AvgIpc) is 3.07. The van der Waals surface area contributed by atoms with Crippen molar-refractivity contribution in [3.8, 4) is 0 Å². The molecule has 1 aliphatic rings. The van der Waals surface area contributed by atoms with Crippen molar-refractivity contribution in [1.29, 1.82) is 0 Å². The molecule has 2 aromatic rings. The summed E-state index contributed by atoms with van der Waals surface area (Å²) in [4.78, 5) is 26.6. The number of halogens is 1. The summed E-state index contributed by atoms with van der Waals surface area (Å²) in [7, 11) is 0. The molecule has 9 heteroatoms. The van der Waals surface area contributed by atoms with E-state index in [0.29, 0.717) is 4.34 Å². The monoisotopic (exact) mass is 408 g/mol. The zero-order chi connectivity index (χ0) is 19.4. The van der Waals surface area contributed by atoms with Crippen molar-refractivity contribution < 1.29 is 14.0 Å². The van der Waals surface area contributed by atoms with Crippen LogP contribution in [0.2, 0.25) is 0 Å². The summed E-state index contributed by atoms with van der Waals surface area (Å²) in [5.74, 6) is -0.797. The molecule has 1 fully saturated rings. The highest BCUT2D eigenvalue weighted by molar-refractivity contribution is 8.01. The second-order valence-electron chi connectivity index (χ2n) is 6.53. The van der Waals surface area contributed by atoms with E-state index in [1.165, 1.54) is 41.3 Å². The normalized spacial score (nSPS) is 19.7. The third kappa shape index (κ3) is 4.84. The Kier molecular flexibility index (Phi) is 6.43. The fourth-order valence-electron chi connectivity index (χ4n) is 3.24. The second-order valence-corrected chi connectivity index (χ2v) is 8.73. The average molecular weight is 409 g/mol. The van der Waals surface area contributed by atoms with Crippen LogP contribution in [0.15, 0.2) is 28.6 Å². The minimum atomic E-state index is -0.593. The van der Waals surface area contributed by atoms with E-state index in [1.807, 2.05) is 4.90 Å². The topological polar surface area (TPSA) is 75.2 Å². The third-order valence-corrected chi connectivity index (χ3v) is 6.50. The predicted octanol–water partition coefficient (Wildman–Crippen LogP) is 3.81. The highest BCUT2D eigenvalue weighted by Gasteiger charge is 2.28. The summed E-state index contributed by atoms with van der Waals surface area (Å²) in [5.41, 5.74) is -0.0508. The van der Waals surface area contributed by atoms with Crippen LogP contribution in [0.3, 0.4) is 0 Å². The van der Waals surface area contributed by atoms with Crippen LogP contribution in [-0.2, 0) is 4.79 Å². The number of nitrogens with one attached hydrogen (secondary N) is 1. The molecule has 1 aromatic heterocycles. The molecule has 144 valence electrons. The minimum absolute atomic E-state index is 0.0508. The van der Waals surface area contributed by atoms with Crippen molar-refractivity contribution in [2.24, 2.45) is 0 Å². The number of nitrogens with zero attached hydrogens (tertiary/aromatic N) is 3. The number of hydrogen-bond acceptors (Lipinski definition) is 6. The van der Waals surface area contributed by atoms with Crippen molar-refractivity contribution >= 4 is 40.0 Å². The van der Waals surface area contributed by atoms with Crippen LogP contribution < -0.4 is 5.32 Å². The number of anilines is 1. The molecule has 0 bridgehead atoms. The lowest BCUT2D eigenvalue weighted by molar-refractivity contribution is -0.134. The molecule has 0 unspecified atom stereocenters. The molecule has 1 N–H and O–H groups in total. The number of likely N-dealkylation sites (tertiary alicyclic amines) is 1. The van der Waals surface area contributed by atoms with Gasteiger partial charge in [0.15, 0.2) is 4.34 Å². The molecule has 3 rings (SSSR count). The molecule has 0 spiro atoms. The Morgan fingerprint density at radius 2 is 1.96 bits per heavy atom. The summed E-state index contributed by atoms with van der Waals surface area (Å²) in [6.07, 6.45) is 3.22. The van der Waals surface area contributed by atoms with Crippen molar-refractivity contribution in [2.75, 3.05) is 11.1 Å². The van der Waals surface area contributed by atoms with Gasteiger partial charge in [-0.25, -0.2) is 4.39 Å². The van der Waals surface area contributed by atoms with E-state index in [0.717, 1.165) is 19.3 Å². The first-order valence-electron chi connectivity index (χ1n) is 8.79. The fourth-order valence-corrected chi connectivity index (χ4v) is 4.86. The van der Waals surface area contributed by atoms with E-state index in [1.54, 1.807) is 6.07 Å². The van der Waals surface area contributed by atoms with Gasteiger partial charge in [0.2, 0.25) is 11.0 Å². The number of aromatic nitrogens is 2. The van der Waals surface area contributed by atoms with Gasteiger partial charge in [-0.1, -0.05) is 35.2 Å². The van der Waals surface area contributed by atoms with Crippen molar-refractivity contribution in [3.63, 3.8) is 0 Å². The smallest absolute Gasteiger partial charge is 0.260 e. The number of hydrogen-bond donors (Lipinski definition) is 1. The Hall–Kier alpha value is -2.00. The molecular weight excluding hydrogens is 387 g/mol. The Morgan fingerprint density at radius 1 is 1.26 bits per heavy atom. The van der Waals surface area contributed by atoms with E-state index >= 15 is 0 Å². The molecule has 6 nitrogen and oxygen atoms in total. The van der Waals surface area contributed by atoms with Gasteiger partial charge in [-0.05, 0) is 45.2 Å². The Labute approximate surface area is 165 Å². The SMILES string of the molecule is C[C@H]1CCC[C@H](C)N1C(=O)CSc1nnc(NC(=O)c2ccccc2F)s1. The van der Waals surface area contributed by atoms with Crippen molar-refractivity contribution in [2.45, 2.75) is 49.5 Å². The quantitative estimate of drug-likeness (QED) is 0.601. The van der Waals surface area contributed by atoms with E-state index in [-0.39, 0.29) is 34.4 Å². The van der Waals surface area contributed by atoms with Crippen molar-refractivity contribution in [1.82, 2.24) is 15.1 Å². The molecule has 0 aliphatic carbocycles. The lowest BCUT2D eigenvalue weighted by atomic mass is 9.98. The van der Waals surface area contributed by atoms with Crippen molar-refractivity contribution in [3.05, 3.63) is 35.6 Å². The Balaban J connectivity index is 1.56. The molecular formula is C18H21FN4O2S2. The highest BCUT2D eigenvalue weighted by Crippen LogP contribution is 2.28. The zero-order valence-corrected chi connectivity index (χ0v) is 16.8. The third-order valence-electron chi connectivity index (χ3n) is 4.55. The summed E-state index contributed by atoms with van der Waals surface area (Å²) >= 11 is 2.47. The molecule has 2 amide bonds. The van der Waals surface area contributed by atoms with Gasteiger partial charge in [0.25, 0.3) is 5.91 Å². The molecule has 2 atom stereocenters. The van der Waals surface area contributed by atoms with Gasteiger partial charge in [-0.2, -0.15) is 0 Å². The number of benzene rings is 1. The van der Waals surface area contributed by atoms with Gasteiger partial charge >= 0.3 is 0 Å². The van der Waals surface area contributed by atoms with Crippen LogP contribution in [-0.4, -0.2) is 44.7 Å². The lowest BCUT2D eigenvalue weighted by Crippen LogP contribution is -2.48. The molecule has 1 aliphatic heterocycles. The van der Waals surface area contributed by atoms with Crippen LogP contribution in [0.1, 0.15) is 43.5 Å². The van der Waals surface area contributed by atoms with Gasteiger partial charge in [0, 0.05) is 12.1 Å². The fraction of sp³-hybridized carbons (Fsp3) is 0.444. The zero-order valence-electron chi connectivity index (χ0n) is 15.1. The number of piperidine rings is 1. The van der Waals surface area contributed by atoms with Crippen LogP contribution in [0, 0.1) is 5.82 Å². The van der Waals surface area contributed by atoms with Crippen LogP contribution in [0.5, 0.6) is 0 Å². The maximum absolute atomic E-state index is 13.7. The molecule has 1 saturated heterocycles. The largest absolute Gasteiger partial charge is 0.337 e. The van der Waals surface area contributed by atoms with E-state index < -0.39 is 11.7 Å². The summed E-state index contributed by atoms with van der Waals surface area (Å²) < 4.78 is 14.2. The predicted molar refractivity (Wildman–Crippen MR) is 105 cm³/mol. The molecule has 1 aromatic carbocycles. The maximum Gasteiger partial charge on any atom is 0.260 e. The molecule has 0 radical (unpaired) electrons. The van der Waals surface area contributed by atoms with Crippen LogP contribution in [0.25, 0.3) is 0 Å². The summed E-state index contributed by atoms with van der Waals surface area (Å²) in [5, 5.41) is 10.7. The number of thioether (sulfide) groups is 1. The van der Waals surface area contributed by atoms with Gasteiger partial charge in [-0.15, -0.1) is 10.2 Å². The first-order chi connectivity index (χ1) is 13.0. The minimum Gasteiger partial charge on any atom is -0.337 e.